The molecule has 0 aliphatic rings. The number of benzene rings is 2. The van der Waals surface area contributed by atoms with E-state index in [0.29, 0.717) is 23.9 Å². The molecule has 0 radical (unpaired) electrons. The van der Waals surface area contributed by atoms with Gasteiger partial charge < -0.3 is 31.8 Å². The van der Waals surface area contributed by atoms with Gasteiger partial charge in [-0.2, -0.15) is 5.26 Å². The van der Waals surface area contributed by atoms with E-state index >= 15 is 0 Å². The van der Waals surface area contributed by atoms with E-state index in [9.17, 15) is 19.6 Å². The Morgan fingerprint density at radius 1 is 1.09 bits per heavy atom. The Balaban J connectivity index is 1.91. The predicted octanol–water partition coefficient (Wildman–Crippen LogP) is 0.578. The maximum Gasteiger partial charge on any atom is 0.322 e. The lowest BCUT2D eigenvalue weighted by Crippen LogP contribution is -2.41. The number of nitrogens with zero attached hydrogens (tertiary/aromatic N) is 3. The van der Waals surface area contributed by atoms with E-state index in [1.54, 1.807) is 10.8 Å². The highest BCUT2D eigenvalue weighted by Crippen LogP contribution is 2.30. The molecule has 0 bridgehead atoms. The number of hydrogen-bond donors (Lipinski definition) is 5. The Labute approximate surface area is 195 Å². The van der Waals surface area contributed by atoms with Crippen LogP contribution in [0.1, 0.15) is 24.6 Å². The molecule has 0 saturated heterocycles. The Morgan fingerprint density at radius 3 is 2.44 bits per heavy atom. The largest absolute Gasteiger partial charge is 0.480 e. The second-order valence-electron chi connectivity index (χ2n) is 7.64. The highest BCUT2D eigenvalue weighted by Gasteiger charge is 2.24. The lowest BCUT2D eigenvalue weighted by Gasteiger charge is -2.19. The Bertz CT molecular complexity index is 1300. The first-order chi connectivity index (χ1) is 16.3. The molecule has 11 heteroatoms. The fraction of sp³-hybridized carbons (Fsp3) is 0.261. The van der Waals surface area contributed by atoms with Gasteiger partial charge in [0.25, 0.3) is 0 Å². The monoisotopic (exact) mass is 463 g/mol. The summed E-state index contributed by atoms with van der Waals surface area (Å²) in [7, 11) is 0. The maximum atomic E-state index is 13.1. The van der Waals surface area contributed by atoms with Crippen LogP contribution >= 0.6 is 0 Å². The summed E-state index contributed by atoms with van der Waals surface area (Å²) in [4.78, 5) is 39.5. The summed E-state index contributed by atoms with van der Waals surface area (Å²) in [5.74, 6) is -2.38. The maximum absolute atomic E-state index is 13.1. The van der Waals surface area contributed by atoms with Crippen molar-refractivity contribution in [1.29, 1.82) is 5.26 Å². The number of aliphatic carboxylic acids is 1. The van der Waals surface area contributed by atoms with Gasteiger partial charge in [-0.05, 0) is 35.7 Å². The van der Waals surface area contributed by atoms with Crippen LogP contribution in [0.3, 0.4) is 0 Å². The molecule has 34 heavy (non-hydrogen) atoms. The molecule has 0 aliphatic heterocycles. The Hall–Kier alpha value is -4.59. The topological polar surface area (TPSA) is 189 Å². The number of carbonyl (C=O) groups is 3. The summed E-state index contributed by atoms with van der Waals surface area (Å²) < 4.78 is 1.60. The number of fused-ring (bicyclic) bond motifs is 2. The van der Waals surface area contributed by atoms with E-state index in [0.717, 1.165) is 16.2 Å². The zero-order valence-electron chi connectivity index (χ0n) is 18.3. The van der Waals surface area contributed by atoms with E-state index in [-0.39, 0.29) is 12.5 Å². The molecule has 0 fully saturated rings. The number of nitriles is 1. The minimum atomic E-state index is -1.19. The normalized spacial score (nSPS) is 11.5. The Kier molecular flexibility index (Phi) is 7.66. The zero-order valence-corrected chi connectivity index (χ0v) is 18.3. The molecule has 0 saturated carbocycles. The molecule has 3 aromatic rings. The number of nitrogens with two attached hydrogens (primary N) is 2. The van der Waals surface area contributed by atoms with E-state index < -0.39 is 36.9 Å². The van der Waals surface area contributed by atoms with E-state index in [1.807, 2.05) is 36.4 Å². The molecule has 0 aliphatic carbocycles. The van der Waals surface area contributed by atoms with Crippen LogP contribution in [0.2, 0.25) is 0 Å². The first-order valence-electron chi connectivity index (χ1n) is 10.5. The molecule has 11 nitrogen and oxygen atoms in total. The van der Waals surface area contributed by atoms with Crippen molar-refractivity contribution in [3.63, 3.8) is 0 Å². The molecule has 0 unspecified atom stereocenters. The number of aromatic nitrogens is 1. The van der Waals surface area contributed by atoms with Crippen molar-refractivity contribution >= 4 is 45.3 Å². The highest BCUT2D eigenvalue weighted by molar-refractivity contribution is 6.01. The molecule has 2 amide bonds. The van der Waals surface area contributed by atoms with Crippen molar-refractivity contribution in [2.45, 2.75) is 18.9 Å². The van der Waals surface area contributed by atoms with Gasteiger partial charge in [-0.15, -0.1) is 0 Å². The van der Waals surface area contributed by atoms with Gasteiger partial charge in [0.15, 0.2) is 5.96 Å². The van der Waals surface area contributed by atoms with Crippen LogP contribution in [0.4, 0.5) is 0 Å². The number of aliphatic imine (C=N–C) groups is 1. The zero-order chi connectivity index (χ0) is 24.7. The van der Waals surface area contributed by atoms with Gasteiger partial charge in [0, 0.05) is 23.5 Å². The summed E-state index contributed by atoms with van der Waals surface area (Å²) in [6.45, 7) is -0.660. The third-order valence-electron chi connectivity index (χ3n) is 5.24. The van der Waals surface area contributed by atoms with Gasteiger partial charge in [-0.1, -0.05) is 24.3 Å². The van der Waals surface area contributed by atoms with Crippen LogP contribution in [-0.2, 0) is 14.4 Å². The Morgan fingerprint density at radius 2 is 1.79 bits per heavy atom. The number of amides is 2. The molecular weight excluding hydrogens is 438 g/mol. The van der Waals surface area contributed by atoms with Crippen molar-refractivity contribution in [3.8, 4) is 6.07 Å². The van der Waals surface area contributed by atoms with E-state index in [2.05, 4.69) is 21.7 Å². The smallest absolute Gasteiger partial charge is 0.322 e. The summed E-state index contributed by atoms with van der Waals surface area (Å²) >= 11 is 0. The fourth-order valence-corrected chi connectivity index (χ4v) is 3.70. The lowest BCUT2D eigenvalue weighted by atomic mass is 10.1. The van der Waals surface area contributed by atoms with Gasteiger partial charge in [-0.25, -0.2) is 0 Å². The summed E-state index contributed by atoms with van der Waals surface area (Å²) in [5, 5.41) is 26.8. The van der Waals surface area contributed by atoms with Crippen molar-refractivity contribution in [2.75, 3.05) is 19.6 Å². The van der Waals surface area contributed by atoms with Crippen LogP contribution in [0.5, 0.6) is 0 Å². The average Bonchev–Trinajstić information content (AvgIpc) is 3.16. The van der Waals surface area contributed by atoms with Crippen LogP contribution in [0, 0.1) is 11.3 Å². The molecule has 1 atom stereocenters. The fourth-order valence-electron chi connectivity index (χ4n) is 3.70. The average molecular weight is 463 g/mol. The van der Waals surface area contributed by atoms with Gasteiger partial charge in [0.2, 0.25) is 11.8 Å². The van der Waals surface area contributed by atoms with E-state index in [1.165, 1.54) is 0 Å². The first-order valence-corrected chi connectivity index (χ1v) is 10.5. The van der Waals surface area contributed by atoms with Crippen molar-refractivity contribution in [3.05, 3.63) is 48.3 Å². The molecule has 7 N–H and O–H groups in total. The van der Waals surface area contributed by atoms with Crippen molar-refractivity contribution in [1.82, 2.24) is 15.2 Å². The molecule has 1 aromatic heterocycles. The predicted molar refractivity (Wildman–Crippen MR) is 127 cm³/mol. The lowest BCUT2D eigenvalue weighted by molar-refractivity contribution is -0.137. The van der Waals surface area contributed by atoms with Crippen LogP contribution in [0.15, 0.2) is 47.6 Å². The molecule has 1 heterocycles. The SMILES string of the molecule is N#Cc1c2cc3ccccc3cc2cn1[C@@H](CCCN=C(N)N)C(=O)NCC(=O)NCC(=O)O. The quantitative estimate of drug-likeness (QED) is 0.165. The number of nitrogens with one attached hydrogen (secondary N) is 2. The van der Waals surface area contributed by atoms with Crippen molar-refractivity contribution < 1.29 is 19.5 Å². The van der Waals surface area contributed by atoms with Gasteiger partial charge in [0.1, 0.15) is 24.3 Å². The van der Waals surface area contributed by atoms with Crippen LogP contribution in [0.25, 0.3) is 21.5 Å². The number of carboxylic acids is 1. The molecule has 176 valence electrons. The minimum absolute atomic E-state index is 0.0628. The summed E-state index contributed by atoms with van der Waals surface area (Å²) in [5.41, 5.74) is 11.1. The third kappa shape index (κ3) is 5.80. The number of carboxylic acid groups (broad SMARTS) is 1. The van der Waals surface area contributed by atoms with Crippen LogP contribution in [-0.4, -0.2) is 53.1 Å². The van der Waals surface area contributed by atoms with Gasteiger partial charge in [-0.3, -0.25) is 19.4 Å². The van der Waals surface area contributed by atoms with Crippen LogP contribution < -0.4 is 22.1 Å². The van der Waals surface area contributed by atoms with E-state index in [4.69, 9.17) is 16.6 Å². The number of rotatable bonds is 10. The second kappa shape index (κ2) is 10.8. The molecule has 0 spiro atoms. The van der Waals surface area contributed by atoms with Crippen molar-refractivity contribution in [2.24, 2.45) is 16.5 Å². The standard InChI is InChI=1S/C23H25N7O4/c24-10-19-17-9-15-5-2-1-4-14(15)8-16(17)13-30(19)18(6-3-7-27-23(25)26)22(34)29-11-20(31)28-12-21(32)33/h1-2,4-5,8-9,13,18H,3,6-7,11-12H2,(H,28,31)(H,29,34)(H,32,33)(H4,25,26,27)/t18-/m0/s1. The van der Waals surface area contributed by atoms with Gasteiger partial charge in [0.05, 0.1) is 6.54 Å². The second-order valence-corrected chi connectivity index (χ2v) is 7.64. The summed E-state index contributed by atoms with van der Waals surface area (Å²) in [6.07, 6.45) is 2.49. The number of hydrogen-bond acceptors (Lipinski definition) is 5. The minimum Gasteiger partial charge on any atom is -0.480 e. The number of guanidine groups is 1. The number of carbonyl (C=O) groups excluding carboxylic acids is 2. The highest BCUT2D eigenvalue weighted by atomic mass is 16.4. The first kappa shape index (κ1) is 24.1. The third-order valence-corrected chi connectivity index (χ3v) is 5.24. The molecule has 3 rings (SSSR count). The molecular formula is C23H25N7O4. The van der Waals surface area contributed by atoms with Gasteiger partial charge >= 0.3 is 5.97 Å². The molecule has 2 aromatic carbocycles. The summed E-state index contributed by atoms with van der Waals surface area (Å²) in [6, 6.07) is 13.0.